The molecule has 0 N–H and O–H groups in total. The van der Waals surface area contributed by atoms with Crippen molar-refractivity contribution in [3.05, 3.63) is 24.1 Å². The lowest BCUT2D eigenvalue weighted by molar-refractivity contribution is 0.149. The SMILES string of the molecule is COc1cc(-c2nc(CN(CCC#N)C3CCCCC3)co2)cc(OC)c1OC. The Hall–Kier alpha value is -2.72. The lowest BCUT2D eigenvalue weighted by atomic mass is 9.94. The summed E-state index contributed by atoms with van der Waals surface area (Å²) in [5.74, 6) is 2.15. The molecule has 2 aromatic rings. The number of oxazole rings is 1. The number of rotatable bonds is 9. The average molecular weight is 399 g/mol. The number of ether oxygens (including phenoxy) is 3. The number of nitriles is 1. The fourth-order valence-electron chi connectivity index (χ4n) is 3.96. The van der Waals surface area contributed by atoms with Crippen LogP contribution in [0.4, 0.5) is 0 Å². The van der Waals surface area contributed by atoms with Gasteiger partial charge < -0.3 is 18.6 Å². The summed E-state index contributed by atoms with van der Waals surface area (Å²) in [6.45, 7) is 1.44. The first-order chi connectivity index (χ1) is 14.2. The first-order valence-corrected chi connectivity index (χ1v) is 10.1. The molecule has 3 rings (SSSR count). The Kier molecular flexibility index (Phi) is 7.36. The van der Waals surface area contributed by atoms with E-state index in [9.17, 15) is 0 Å². The Morgan fingerprint density at radius 2 is 1.79 bits per heavy atom. The van der Waals surface area contributed by atoms with Crippen LogP contribution >= 0.6 is 0 Å². The van der Waals surface area contributed by atoms with Crippen molar-refractivity contribution in [1.82, 2.24) is 9.88 Å². The van der Waals surface area contributed by atoms with Crippen molar-refractivity contribution in [1.29, 1.82) is 5.26 Å². The van der Waals surface area contributed by atoms with Crippen molar-refractivity contribution < 1.29 is 18.6 Å². The minimum absolute atomic E-state index is 0.503. The smallest absolute Gasteiger partial charge is 0.226 e. The summed E-state index contributed by atoms with van der Waals surface area (Å²) < 4.78 is 22.0. The standard InChI is InChI=1S/C22H29N3O4/c1-26-19-12-16(13-20(27-2)21(19)28-3)22-24-17(15-29-22)14-25(11-7-10-23)18-8-5-4-6-9-18/h12-13,15,18H,4-9,11,14H2,1-3H3. The van der Waals surface area contributed by atoms with Gasteiger partial charge in [0.25, 0.3) is 0 Å². The van der Waals surface area contributed by atoms with Crippen molar-refractivity contribution in [3.63, 3.8) is 0 Å². The maximum atomic E-state index is 9.03. The van der Waals surface area contributed by atoms with Crippen LogP contribution < -0.4 is 14.2 Å². The maximum Gasteiger partial charge on any atom is 0.226 e. The van der Waals surface area contributed by atoms with Crippen LogP contribution in [0.3, 0.4) is 0 Å². The predicted octanol–water partition coefficient (Wildman–Crippen LogP) is 4.42. The predicted molar refractivity (Wildman–Crippen MR) is 109 cm³/mol. The van der Waals surface area contributed by atoms with Gasteiger partial charge in [-0.3, -0.25) is 4.90 Å². The Bertz CT molecular complexity index is 812. The van der Waals surface area contributed by atoms with E-state index >= 15 is 0 Å². The van der Waals surface area contributed by atoms with Gasteiger partial charge in [-0.05, 0) is 25.0 Å². The number of aromatic nitrogens is 1. The molecule has 0 amide bonds. The Morgan fingerprint density at radius 3 is 2.38 bits per heavy atom. The lowest BCUT2D eigenvalue weighted by Crippen LogP contribution is -2.37. The lowest BCUT2D eigenvalue weighted by Gasteiger charge is -2.33. The molecular formula is C22H29N3O4. The molecule has 0 atom stereocenters. The maximum absolute atomic E-state index is 9.03. The highest BCUT2D eigenvalue weighted by Crippen LogP contribution is 2.41. The highest BCUT2D eigenvalue weighted by atomic mass is 16.5. The van der Waals surface area contributed by atoms with E-state index < -0.39 is 0 Å². The molecule has 1 fully saturated rings. The highest BCUT2D eigenvalue weighted by Gasteiger charge is 2.23. The van der Waals surface area contributed by atoms with E-state index in [0.29, 0.717) is 42.1 Å². The molecule has 156 valence electrons. The Morgan fingerprint density at radius 1 is 1.10 bits per heavy atom. The number of hydrogen-bond acceptors (Lipinski definition) is 7. The van der Waals surface area contributed by atoms with Gasteiger partial charge in [0, 0.05) is 31.1 Å². The molecule has 0 unspecified atom stereocenters. The normalized spacial score (nSPS) is 14.6. The van der Waals surface area contributed by atoms with Gasteiger partial charge in [0.05, 0.1) is 33.1 Å². The van der Waals surface area contributed by atoms with E-state index in [2.05, 4.69) is 16.0 Å². The molecule has 0 saturated heterocycles. The number of methoxy groups -OCH3 is 3. The number of benzene rings is 1. The summed E-state index contributed by atoms with van der Waals surface area (Å²) in [4.78, 5) is 7.06. The van der Waals surface area contributed by atoms with Crippen molar-refractivity contribution in [2.45, 2.75) is 51.1 Å². The van der Waals surface area contributed by atoms with Gasteiger partial charge in [0.2, 0.25) is 11.6 Å². The number of nitrogens with zero attached hydrogens (tertiary/aromatic N) is 3. The van der Waals surface area contributed by atoms with Crippen LogP contribution in [0.5, 0.6) is 17.2 Å². The second kappa shape index (κ2) is 10.2. The second-order valence-corrected chi connectivity index (χ2v) is 7.23. The zero-order valence-corrected chi connectivity index (χ0v) is 17.4. The van der Waals surface area contributed by atoms with Gasteiger partial charge in [-0.25, -0.2) is 4.98 Å². The molecule has 1 aromatic carbocycles. The average Bonchev–Trinajstić information content (AvgIpc) is 3.24. The third-order valence-corrected chi connectivity index (χ3v) is 5.43. The van der Waals surface area contributed by atoms with Crippen molar-refractivity contribution in [3.8, 4) is 34.8 Å². The fraction of sp³-hybridized carbons (Fsp3) is 0.545. The van der Waals surface area contributed by atoms with Crippen LogP contribution in [0.25, 0.3) is 11.5 Å². The highest BCUT2D eigenvalue weighted by molar-refractivity contribution is 5.65. The Balaban J connectivity index is 1.81. The molecule has 1 aliphatic carbocycles. The number of hydrogen-bond donors (Lipinski definition) is 0. The van der Waals surface area contributed by atoms with Crippen molar-refractivity contribution >= 4 is 0 Å². The van der Waals surface area contributed by atoms with Crippen LogP contribution in [0.15, 0.2) is 22.8 Å². The van der Waals surface area contributed by atoms with Crippen LogP contribution in [0, 0.1) is 11.3 Å². The van der Waals surface area contributed by atoms with Gasteiger partial charge in [-0.15, -0.1) is 0 Å². The van der Waals surface area contributed by atoms with Crippen LogP contribution in [0.1, 0.15) is 44.2 Å². The first-order valence-electron chi connectivity index (χ1n) is 10.1. The van der Waals surface area contributed by atoms with E-state index in [-0.39, 0.29) is 0 Å². The quantitative estimate of drug-likeness (QED) is 0.617. The molecule has 1 heterocycles. The molecule has 1 aromatic heterocycles. The van der Waals surface area contributed by atoms with E-state index in [4.69, 9.17) is 23.9 Å². The van der Waals surface area contributed by atoms with Crippen LogP contribution in [-0.4, -0.2) is 43.8 Å². The van der Waals surface area contributed by atoms with Gasteiger partial charge in [0.1, 0.15) is 6.26 Å². The van der Waals surface area contributed by atoms with Crippen LogP contribution in [0.2, 0.25) is 0 Å². The zero-order chi connectivity index (χ0) is 20.6. The van der Waals surface area contributed by atoms with Crippen molar-refractivity contribution in [2.75, 3.05) is 27.9 Å². The molecule has 7 nitrogen and oxygen atoms in total. The molecule has 1 aliphatic rings. The zero-order valence-electron chi connectivity index (χ0n) is 17.4. The summed E-state index contributed by atoms with van der Waals surface area (Å²) in [5.41, 5.74) is 1.62. The largest absolute Gasteiger partial charge is 0.493 e. The van der Waals surface area contributed by atoms with Gasteiger partial charge in [-0.1, -0.05) is 19.3 Å². The fourth-order valence-corrected chi connectivity index (χ4v) is 3.96. The third-order valence-electron chi connectivity index (χ3n) is 5.43. The summed E-state index contributed by atoms with van der Waals surface area (Å²) in [5, 5.41) is 9.03. The monoisotopic (exact) mass is 399 g/mol. The van der Waals surface area contributed by atoms with E-state index in [1.807, 2.05) is 12.1 Å². The first kappa shape index (κ1) is 21.0. The van der Waals surface area contributed by atoms with Gasteiger partial charge in [0.15, 0.2) is 11.5 Å². The second-order valence-electron chi connectivity index (χ2n) is 7.23. The molecule has 0 bridgehead atoms. The van der Waals surface area contributed by atoms with Crippen molar-refractivity contribution in [2.24, 2.45) is 0 Å². The summed E-state index contributed by atoms with van der Waals surface area (Å²) in [7, 11) is 4.74. The minimum Gasteiger partial charge on any atom is -0.493 e. The summed E-state index contributed by atoms with van der Waals surface area (Å²) in [6.07, 6.45) is 8.39. The van der Waals surface area contributed by atoms with E-state index in [1.165, 1.54) is 32.1 Å². The molecule has 0 spiro atoms. The molecule has 0 radical (unpaired) electrons. The molecule has 0 aliphatic heterocycles. The molecule has 7 heteroatoms. The van der Waals surface area contributed by atoms with E-state index in [0.717, 1.165) is 17.8 Å². The van der Waals surface area contributed by atoms with Gasteiger partial charge >= 0.3 is 0 Å². The minimum atomic E-state index is 0.503. The molecular weight excluding hydrogens is 370 g/mol. The van der Waals surface area contributed by atoms with Gasteiger partial charge in [-0.2, -0.15) is 5.26 Å². The van der Waals surface area contributed by atoms with E-state index in [1.54, 1.807) is 27.6 Å². The topological polar surface area (TPSA) is 80.8 Å². The third kappa shape index (κ3) is 5.01. The van der Waals surface area contributed by atoms with Crippen LogP contribution in [-0.2, 0) is 6.54 Å². The molecule has 29 heavy (non-hydrogen) atoms. The molecule has 1 saturated carbocycles. The Labute approximate surface area is 172 Å². The summed E-state index contributed by atoms with van der Waals surface area (Å²) >= 11 is 0. The summed E-state index contributed by atoms with van der Waals surface area (Å²) in [6, 6.07) is 6.43.